The average molecular weight is 248 g/mol. The van der Waals surface area contributed by atoms with Crippen molar-refractivity contribution in [3.05, 3.63) is 0 Å². The van der Waals surface area contributed by atoms with E-state index in [2.05, 4.69) is 20.8 Å². The summed E-state index contributed by atoms with van der Waals surface area (Å²) in [4.78, 5) is 0. The lowest BCUT2D eigenvalue weighted by Crippen LogP contribution is -2.42. The fourth-order valence-electron chi connectivity index (χ4n) is 1.53. The highest BCUT2D eigenvalue weighted by Crippen LogP contribution is 2.18. The zero-order valence-electron chi connectivity index (χ0n) is 11.4. The van der Waals surface area contributed by atoms with Crippen LogP contribution in [0.25, 0.3) is 0 Å². The normalized spacial score (nSPS) is 12.0. The van der Waals surface area contributed by atoms with Gasteiger partial charge in [0.15, 0.2) is 0 Å². The van der Waals surface area contributed by atoms with E-state index in [1.807, 2.05) is 6.92 Å². The summed E-state index contributed by atoms with van der Waals surface area (Å²) in [5.41, 5.74) is 0. The van der Waals surface area contributed by atoms with Crippen molar-refractivity contribution in [1.29, 1.82) is 0 Å². The molecule has 0 rings (SSSR count). The third kappa shape index (κ3) is 6.63. The van der Waals surface area contributed by atoms with E-state index in [0.29, 0.717) is 13.2 Å². The van der Waals surface area contributed by atoms with Gasteiger partial charge in [-0.2, -0.15) is 0 Å². The third-order valence-electron chi connectivity index (χ3n) is 2.74. The minimum Gasteiger partial charge on any atom is -0.394 e. The van der Waals surface area contributed by atoms with Crippen LogP contribution in [0.2, 0.25) is 12.1 Å². The van der Waals surface area contributed by atoms with Crippen LogP contribution in [0.3, 0.4) is 0 Å². The van der Waals surface area contributed by atoms with Gasteiger partial charge in [-0.15, -0.1) is 0 Å². The molecular weight excluding hydrogens is 220 g/mol. The minimum atomic E-state index is -1.91. The number of hydrogen-bond acceptors (Lipinski definition) is 3. The maximum absolute atomic E-state index is 6.01. The molecule has 0 aliphatic heterocycles. The van der Waals surface area contributed by atoms with E-state index in [1.54, 1.807) is 0 Å². The Hall–Kier alpha value is 0.0969. The Labute approximate surface area is 102 Å². The molecule has 0 radical (unpaired) electrons. The highest BCUT2D eigenvalue weighted by Gasteiger charge is 2.33. The number of ether oxygens (including phenoxy) is 1. The van der Waals surface area contributed by atoms with Crippen molar-refractivity contribution < 1.29 is 13.6 Å². The van der Waals surface area contributed by atoms with Gasteiger partial charge in [-0.3, -0.25) is 0 Å². The first-order valence-electron chi connectivity index (χ1n) is 6.60. The summed E-state index contributed by atoms with van der Waals surface area (Å²) in [6.07, 6.45) is 2.31. The van der Waals surface area contributed by atoms with E-state index in [1.165, 1.54) is 6.42 Å². The van der Waals surface area contributed by atoms with Gasteiger partial charge in [0.05, 0.1) is 13.2 Å². The Bertz CT molecular complexity index is 149. The van der Waals surface area contributed by atoms with Gasteiger partial charge in [-0.05, 0) is 25.4 Å². The molecule has 0 spiro atoms. The van der Waals surface area contributed by atoms with Gasteiger partial charge < -0.3 is 13.6 Å². The molecule has 0 heterocycles. The topological polar surface area (TPSA) is 27.7 Å². The molecule has 0 N–H and O–H groups in total. The van der Waals surface area contributed by atoms with E-state index in [4.69, 9.17) is 13.6 Å². The van der Waals surface area contributed by atoms with Crippen molar-refractivity contribution in [3.8, 4) is 0 Å². The fourth-order valence-corrected chi connectivity index (χ4v) is 3.90. The van der Waals surface area contributed by atoms with Gasteiger partial charge in [-0.1, -0.05) is 27.2 Å². The molecule has 4 heteroatoms. The van der Waals surface area contributed by atoms with E-state index in [-0.39, 0.29) is 0 Å². The molecular formula is C12H28O3Si. The minimum absolute atomic E-state index is 0.674. The van der Waals surface area contributed by atoms with Gasteiger partial charge in [0.2, 0.25) is 0 Å². The monoisotopic (exact) mass is 248 g/mol. The van der Waals surface area contributed by atoms with Crippen LogP contribution in [0.15, 0.2) is 0 Å². The molecule has 0 aromatic carbocycles. The maximum Gasteiger partial charge on any atom is 0.337 e. The first-order valence-corrected chi connectivity index (χ1v) is 8.83. The van der Waals surface area contributed by atoms with Crippen molar-refractivity contribution in [2.24, 2.45) is 0 Å². The van der Waals surface area contributed by atoms with Gasteiger partial charge in [-0.25, -0.2) is 0 Å². The van der Waals surface area contributed by atoms with Crippen LogP contribution in [0, 0.1) is 0 Å². The lowest BCUT2D eigenvalue weighted by Gasteiger charge is -2.28. The molecule has 3 nitrogen and oxygen atoms in total. The molecule has 0 saturated carbocycles. The maximum atomic E-state index is 6.01. The van der Waals surface area contributed by atoms with Crippen LogP contribution in [0.5, 0.6) is 0 Å². The largest absolute Gasteiger partial charge is 0.394 e. The smallest absolute Gasteiger partial charge is 0.337 e. The van der Waals surface area contributed by atoms with Crippen molar-refractivity contribution in [3.63, 3.8) is 0 Å². The van der Waals surface area contributed by atoms with Gasteiger partial charge in [0.1, 0.15) is 0 Å². The molecule has 0 atom stereocenters. The Morgan fingerprint density at radius 1 is 0.812 bits per heavy atom. The van der Waals surface area contributed by atoms with Crippen molar-refractivity contribution in [1.82, 2.24) is 0 Å². The molecule has 0 fully saturated rings. The second-order valence-electron chi connectivity index (χ2n) is 3.87. The summed E-state index contributed by atoms with van der Waals surface area (Å²) in [6.45, 7) is 11.5. The van der Waals surface area contributed by atoms with Crippen LogP contribution in [0.4, 0.5) is 0 Å². The van der Waals surface area contributed by atoms with E-state index in [9.17, 15) is 0 Å². The molecule has 0 aromatic rings. The zero-order chi connectivity index (χ0) is 12.3. The molecule has 16 heavy (non-hydrogen) atoms. The zero-order valence-corrected chi connectivity index (χ0v) is 12.4. The number of rotatable bonds is 11. The molecule has 0 aliphatic rings. The highest BCUT2D eigenvalue weighted by molar-refractivity contribution is 6.67. The summed E-state index contributed by atoms with van der Waals surface area (Å²) >= 11 is 0. The second kappa shape index (κ2) is 10.3. The van der Waals surface area contributed by atoms with Gasteiger partial charge >= 0.3 is 8.56 Å². The van der Waals surface area contributed by atoms with Crippen molar-refractivity contribution in [2.75, 3.05) is 26.4 Å². The van der Waals surface area contributed by atoms with Gasteiger partial charge in [0, 0.05) is 13.2 Å². The average Bonchev–Trinajstić information content (AvgIpc) is 2.33. The molecule has 0 aliphatic carbocycles. The third-order valence-corrected chi connectivity index (χ3v) is 6.35. The van der Waals surface area contributed by atoms with Crippen LogP contribution >= 0.6 is 0 Å². The van der Waals surface area contributed by atoms with Crippen molar-refractivity contribution >= 4 is 8.56 Å². The summed E-state index contributed by atoms with van der Waals surface area (Å²) in [7, 11) is -1.91. The van der Waals surface area contributed by atoms with Crippen LogP contribution in [-0.2, 0) is 13.6 Å². The SMILES string of the molecule is CCCCO[Si](CC)(CC)OCCOCC. The van der Waals surface area contributed by atoms with Crippen LogP contribution in [-0.4, -0.2) is 35.0 Å². The highest BCUT2D eigenvalue weighted by atomic mass is 28.4. The summed E-state index contributed by atoms with van der Waals surface area (Å²) in [6, 6.07) is 2.05. The predicted molar refractivity (Wildman–Crippen MR) is 70.0 cm³/mol. The first kappa shape index (κ1) is 16.1. The Morgan fingerprint density at radius 2 is 1.44 bits per heavy atom. The Balaban J connectivity index is 3.90. The molecule has 0 saturated heterocycles. The first-order chi connectivity index (χ1) is 7.74. The number of unbranched alkanes of at least 4 members (excludes halogenated alkanes) is 1. The van der Waals surface area contributed by atoms with Crippen LogP contribution < -0.4 is 0 Å². The molecule has 0 unspecified atom stereocenters. The number of hydrogen-bond donors (Lipinski definition) is 0. The van der Waals surface area contributed by atoms with Gasteiger partial charge in [0.25, 0.3) is 0 Å². The Kier molecular flexibility index (Phi) is 10.3. The molecule has 0 amide bonds. The molecule has 98 valence electrons. The fraction of sp³-hybridized carbons (Fsp3) is 1.00. The Morgan fingerprint density at radius 3 is 1.94 bits per heavy atom. The van der Waals surface area contributed by atoms with E-state index >= 15 is 0 Å². The predicted octanol–water partition coefficient (Wildman–Crippen LogP) is 3.34. The van der Waals surface area contributed by atoms with Crippen LogP contribution in [0.1, 0.15) is 40.5 Å². The van der Waals surface area contributed by atoms with E-state index < -0.39 is 8.56 Å². The lowest BCUT2D eigenvalue weighted by molar-refractivity contribution is 0.0848. The quantitative estimate of drug-likeness (QED) is 0.414. The van der Waals surface area contributed by atoms with E-state index in [0.717, 1.165) is 31.7 Å². The standard InChI is InChI=1S/C12H28O3Si/c1-5-9-10-14-16(7-3,8-4)15-12-11-13-6-2/h5-12H2,1-4H3. The molecule has 0 bridgehead atoms. The summed E-state index contributed by atoms with van der Waals surface area (Å²) < 4.78 is 17.3. The summed E-state index contributed by atoms with van der Waals surface area (Å²) in [5, 5.41) is 0. The lowest BCUT2D eigenvalue weighted by atomic mass is 10.4. The summed E-state index contributed by atoms with van der Waals surface area (Å²) in [5.74, 6) is 0. The van der Waals surface area contributed by atoms with Crippen molar-refractivity contribution in [2.45, 2.75) is 52.6 Å². The second-order valence-corrected chi connectivity index (χ2v) is 7.68. The molecule has 0 aromatic heterocycles.